The van der Waals surface area contributed by atoms with Crippen molar-refractivity contribution in [2.45, 2.75) is 110 Å². The van der Waals surface area contributed by atoms with Crippen molar-refractivity contribution >= 4 is 17.7 Å². The second kappa shape index (κ2) is 11.3. The molecule has 1 atom stereocenters. The van der Waals surface area contributed by atoms with Crippen molar-refractivity contribution in [2.75, 3.05) is 5.75 Å². The highest BCUT2D eigenvalue weighted by atomic mass is 32.2. The van der Waals surface area contributed by atoms with E-state index in [-0.39, 0.29) is 22.2 Å². The summed E-state index contributed by atoms with van der Waals surface area (Å²) in [5, 5.41) is 10.8. The van der Waals surface area contributed by atoms with Crippen molar-refractivity contribution in [1.29, 1.82) is 0 Å². The van der Waals surface area contributed by atoms with Gasteiger partial charge < -0.3 is 9.84 Å². The highest BCUT2D eigenvalue weighted by Gasteiger charge is 2.26. The normalized spacial score (nSPS) is 13.4. The monoisotopic (exact) mass is 422 g/mol. The standard InChI is InChI=1S/C25H42O3S/c1-9-11-15-29-22(12-10-2)28-21(26)14-13-18-16-19(24(3,4)5)23(27)20(17-18)25(6,7)8/h16-17,22,27H,9-15H2,1-8H3. The minimum atomic E-state index is -0.164. The van der Waals surface area contributed by atoms with E-state index in [1.54, 1.807) is 11.8 Å². The molecule has 1 N–H and O–H groups in total. The van der Waals surface area contributed by atoms with E-state index in [1.807, 2.05) is 0 Å². The van der Waals surface area contributed by atoms with Gasteiger partial charge in [-0.2, -0.15) is 0 Å². The first-order valence-corrected chi connectivity index (χ1v) is 12.1. The Bertz CT molecular complexity index is 618. The molecule has 1 aromatic rings. The summed E-state index contributed by atoms with van der Waals surface area (Å²) < 4.78 is 5.75. The van der Waals surface area contributed by atoms with Gasteiger partial charge in [-0.15, -0.1) is 11.8 Å². The summed E-state index contributed by atoms with van der Waals surface area (Å²) in [7, 11) is 0. The summed E-state index contributed by atoms with van der Waals surface area (Å²) in [5.74, 6) is 1.29. The maximum atomic E-state index is 12.5. The Morgan fingerprint density at radius 1 is 1.03 bits per heavy atom. The summed E-state index contributed by atoms with van der Waals surface area (Å²) in [6.07, 6.45) is 5.23. The average Bonchev–Trinajstić information content (AvgIpc) is 2.59. The van der Waals surface area contributed by atoms with E-state index in [0.29, 0.717) is 18.6 Å². The minimum Gasteiger partial charge on any atom is -0.507 e. The van der Waals surface area contributed by atoms with Gasteiger partial charge in [0.2, 0.25) is 0 Å². The lowest BCUT2D eigenvalue weighted by Gasteiger charge is -2.28. The van der Waals surface area contributed by atoms with E-state index in [1.165, 1.54) is 0 Å². The van der Waals surface area contributed by atoms with Crippen LogP contribution in [0.4, 0.5) is 0 Å². The molecule has 0 saturated heterocycles. The lowest BCUT2D eigenvalue weighted by molar-refractivity contribution is -0.145. The molecule has 0 aromatic heterocycles. The number of carbonyl (C=O) groups is 1. The van der Waals surface area contributed by atoms with Crippen molar-refractivity contribution < 1.29 is 14.6 Å². The molecular formula is C25H42O3S. The molecule has 0 bridgehead atoms. The highest BCUT2D eigenvalue weighted by molar-refractivity contribution is 7.99. The molecule has 0 aliphatic carbocycles. The quantitative estimate of drug-likeness (QED) is 0.248. The van der Waals surface area contributed by atoms with E-state index >= 15 is 0 Å². The average molecular weight is 423 g/mol. The first-order chi connectivity index (χ1) is 13.4. The number of hydrogen-bond donors (Lipinski definition) is 1. The molecule has 29 heavy (non-hydrogen) atoms. The van der Waals surface area contributed by atoms with Gasteiger partial charge >= 0.3 is 5.97 Å². The molecule has 0 aliphatic heterocycles. The molecule has 166 valence electrons. The third-order valence-corrected chi connectivity index (χ3v) is 6.22. The minimum absolute atomic E-state index is 0.0332. The first kappa shape index (κ1) is 25.9. The van der Waals surface area contributed by atoms with Gasteiger partial charge in [0.05, 0.1) is 0 Å². The van der Waals surface area contributed by atoms with Crippen LogP contribution in [0.15, 0.2) is 12.1 Å². The maximum Gasteiger partial charge on any atom is 0.307 e. The molecule has 0 radical (unpaired) electrons. The number of unbranched alkanes of at least 4 members (excludes halogenated alkanes) is 1. The molecule has 0 fully saturated rings. The predicted octanol–water partition coefficient (Wildman–Crippen LogP) is 7.12. The maximum absolute atomic E-state index is 12.5. The summed E-state index contributed by atoms with van der Waals surface area (Å²) >= 11 is 1.76. The molecule has 0 heterocycles. The van der Waals surface area contributed by atoms with Crippen LogP contribution in [0, 0.1) is 0 Å². The second-order valence-electron chi connectivity index (χ2n) is 9.97. The Morgan fingerprint density at radius 2 is 1.59 bits per heavy atom. The molecule has 1 unspecified atom stereocenters. The van der Waals surface area contributed by atoms with E-state index < -0.39 is 0 Å². The van der Waals surface area contributed by atoms with E-state index in [0.717, 1.165) is 48.1 Å². The van der Waals surface area contributed by atoms with Crippen LogP contribution in [0.5, 0.6) is 5.75 Å². The fourth-order valence-corrected chi connectivity index (χ4v) is 4.50. The SMILES string of the molecule is CCCCSC(CCC)OC(=O)CCc1cc(C(C)(C)C)c(O)c(C(C)(C)C)c1. The van der Waals surface area contributed by atoms with Crippen molar-refractivity contribution in [3.05, 3.63) is 28.8 Å². The molecule has 1 aromatic carbocycles. The Morgan fingerprint density at radius 3 is 2.03 bits per heavy atom. The van der Waals surface area contributed by atoms with E-state index in [4.69, 9.17) is 4.74 Å². The number of thioether (sulfide) groups is 1. The van der Waals surface area contributed by atoms with Crippen molar-refractivity contribution in [3.63, 3.8) is 0 Å². The Kier molecular flexibility index (Phi) is 10.1. The van der Waals surface area contributed by atoms with Crippen LogP contribution in [0.25, 0.3) is 0 Å². The number of phenolic OH excluding ortho intramolecular Hbond substituents is 1. The Hall–Kier alpha value is -1.16. The molecule has 4 heteroatoms. The number of ether oxygens (including phenoxy) is 1. The zero-order valence-corrected chi connectivity index (χ0v) is 20.7. The predicted molar refractivity (Wildman–Crippen MR) is 126 cm³/mol. The van der Waals surface area contributed by atoms with Crippen LogP contribution < -0.4 is 0 Å². The summed E-state index contributed by atoms with van der Waals surface area (Å²) in [4.78, 5) is 12.5. The number of phenols is 1. The van der Waals surface area contributed by atoms with Crippen LogP contribution >= 0.6 is 11.8 Å². The fraction of sp³-hybridized carbons (Fsp3) is 0.720. The largest absolute Gasteiger partial charge is 0.507 e. The number of rotatable bonds is 10. The number of aromatic hydroxyl groups is 1. The number of hydrogen-bond acceptors (Lipinski definition) is 4. The van der Waals surface area contributed by atoms with E-state index in [2.05, 4.69) is 67.5 Å². The molecule has 1 rings (SSSR count). The molecule has 0 amide bonds. The van der Waals surface area contributed by atoms with Gasteiger partial charge in [0.25, 0.3) is 0 Å². The Balaban J connectivity index is 2.90. The van der Waals surface area contributed by atoms with Crippen LogP contribution in [0.3, 0.4) is 0 Å². The van der Waals surface area contributed by atoms with Gasteiger partial charge in [0.1, 0.15) is 11.2 Å². The highest BCUT2D eigenvalue weighted by Crippen LogP contribution is 2.40. The number of esters is 1. The fourth-order valence-electron chi connectivity index (χ4n) is 3.21. The van der Waals surface area contributed by atoms with Gasteiger partial charge in [0.15, 0.2) is 0 Å². The molecule has 0 saturated carbocycles. The van der Waals surface area contributed by atoms with E-state index in [9.17, 15) is 9.90 Å². The molecule has 0 aliphatic rings. The molecular weight excluding hydrogens is 380 g/mol. The zero-order chi connectivity index (χ0) is 22.2. The summed E-state index contributed by atoms with van der Waals surface area (Å²) in [5.41, 5.74) is 2.60. The topological polar surface area (TPSA) is 46.5 Å². The third kappa shape index (κ3) is 8.62. The molecule has 3 nitrogen and oxygen atoms in total. The van der Waals surface area contributed by atoms with Crippen LogP contribution in [-0.4, -0.2) is 22.3 Å². The van der Waals surface area contributed by atoms with Gasteiger partial charge in [-0.3, -0.25) is 4.79 Å². The van der Waals surface area contributed by atoms with Crippen molar-refractivity contribution in [2.24, 2.45) is 0 Å². The Labute approximate surface area is 183 Å². The van der Waals surface area contributed by atoms with Crippen molar-refractivity contribution in [1.82, 2.24) is 0 Å². The zero-order valence-electron chi connectivity index (χ0n) is 19.9. The van der Waals surface area contributed by atoms with Crippen LogP contribution in [0.2, 0.25) is 0 Å². The second-order valence-corrected chi connectivity index (χ2v) is 11.2. The van der Waals surface area contributed by atoms with Gasteiger partial charge in [-0.05, 0) is 52.5 Å². The van der Waals surface area contributed by atoms with Gasteiger partial charge in [-0.1, -0.05) is 80.4 Å². The number of aryl methyl sites for hydroxylation is 1. The lowest BCUT2D eigenvalue weighted by atomic mass is 9.78. The van der Waals surface area contributed by atoms with Gasteiger partial charge in [0, 0.05) is 6.42 Å². The number of benzene rings is 1. The van der Waals surface area contributed by atoms with Crippen molar-refractivity contribution in [3.8, 4) is 5.75 Å². The first-order valence-electron chi connectivity index (χ1n) is 11.1. The van der Waals surface area contributed by atoms with Gasteiger partial charge in [-0.25, -0.2) is 0 Å². The number of carbonyl (C=O) groups excluding carboxylic acids is 1. The van der Waals surface area contributed by atoms with Crippen LogP contribution in [0.1, 0.15) is 104 Å². The third-order valence-electron chi connectivity index (χ3n) is 4.99. The summed E-state index contributed by atoms with van der Waals surface area (Å²) in [6.45, 7) is 16.9. The smallest absolute Gasteiger partial charge is 0.307 e. The molecule has 0 spiro atoms. The van der Waals surface area contributed by atoms with Crippen LogP contribution in [-0.2, 0) is 26.8 Å². The lowest BCUT2D eigenvalue weighted by Crippen LogP contribution is -2.19. The summed E-state index contributed by atoms with van der Waals surface area (Å²) in [6, 6.07) is 4.11.